The van der Waals surface area contributed by atoms with E-state index in [1.807, 2.05) is 6.92 Å². The molecular weight excluding hydrogens is 360 g/mol. The van der Waals surface area contributed by atoms with E-state index >= 15 is 0 Å². The molecule has 146 valence electrons. The molecule has 0 atom stereocenters. The van der Waals surface area contributed by atoms with Crippen LogP contribution in [-0.2, 0) is 4.79 Å². The molecule has 1 aromatic heterocycles. The van der Waals surface area contributed by atoms with E-state index in [-0.39, 0.29) is 24.2 Å². The second-order valence-corrected chi connectivity index (χ2v) is 6.35. The van der Waals surface area contributed by atoms with E-state index in [1.165, 1.54) is 18.6 Å². The molecule has 0 bridgehead atoms. The number of ketones is 1. The Morgan fingerprint density at radius 2 is 1.68 bits per heavy atom. The Morgan fingerprint density at radius 3 is 2.29 bits per heavy atom. The summed E-state index contributed by atoms with van der Waals surface area (Å²) < 4.78 is 5.53. The Bertz CT molecular complexity index is 831. The SMILES string of the molecule is CCC(=O)c1ccc(OCC(=O)N2CCN(C(=O)c3cnccn3)CC2)cc1. The Morgan fingerprint density at radius 1 is 1.00 bits per heavy atom. The number of hydrogen-bond acceptors (Lipinski definition) is 6. The number of carbonyl (C=O) groups is 3. The summed E-state index contributed by atoms with van der Waals surface area (Å²) in [6.07, 6.45) is 4.88. The zero-order valence-corrected chi connectivity index (χ0v) is 15.7. The fourth-order valence-corrected chi connectivity index (χ4v) is 2.91. The van der Waals surface area contributed by atoms with Crippen molar-refractivity contribution in [2.75, 3.05) is 32.8 Å². The Hall–Kier alpha value is -3.29. The number of nitrogens with zero attached hydrogens (tertiary/aromatic N) is 4. The highest BCUT2D eigenvalue weighted by molar-refractivity contribution is 5.96. The third-order valence-electron chi connectivity index (χ3n) is 4.56. The molecule has 0 unspecified atom stereocenters. The van der Waals surface area contributed by atoms with Gasteiger partial charge in [0.15, 0.2) is 12.4 Å². The normalized spacial score (nSPS) is 13.9. The molecule has 28 heavy (non-hydrogen) atoms. The molecule has 0 aliphatic carbocycles. The van der Waals surface area contributed by atoms with Crippen LogP contribution in [0.5, 0.6) is 5.75 Å². The van der Waals surface area contributed by atoms with Crippen molar-refractivity contribution in [3.63, 3.8) is 0 Å². The van der Waals surface area contributed by atoms with Gasteiger partial charge in [-0.3, -0.25) is 19.4 Å². The van der Waals surface area contributed by atoms with E-state index in [4.69, 9.17) is 4.74 Å². The van der Waals surface area contributed by atoms with Crippen LogP contribution < -0.4 is 4.74 Å². The van der Waals surface area contributed by atoms with Crippen molar-refractivity contribution in [1.29, 1.82) is 0 Å². The molecule has 1 aliphatic heterocycles. The standard InChI is InChI=1S/C20H22N4O4/c1-2-18(25)15-3-5-16(6-4-15)28-14-19(26)23-9-11-24(12-10-23)20(27)17-13-21-7-8-22-17/h3-8,13H,2,9-12,14H2,1H3. The average molecular weight is 382 g/mol. The van der Waals surface area contributed by atoms with E-state index in [2.05, 4.69) is 9.97 Å². The van der Waals surface area contributed by atoms with Crippen molar-refractivity contribution in [3.8, 4) is 5.75 Å². The second kappa shape index (κ2) is 9.07. The number of amides is 2. The van der Waals surface area contributed by atoms with Gasteiger partial charge in [-0.2, -0.15) is 0 Å². The van der Waals surface area contributed by atoms with Crippen LogP contribution in [0.2, 0.25) is 0 Å². The van der Waals surface area contributed by atoms with Gasteiger partial charge < -0.3 is 14.5 Å². The lowest BCUT2D eigenvalue weighted by atomic mass is 10.1. The lowest BCUT2D eigenvalue weighted by molar-refractivity contribution is -0.134. The highest BCUT2D eigenvalue weighted by Gasteiger charge is 2.25. The maximum absolute atomic E-state index is 12.4. The number of ether oxygens (including phenoxy) is 1. The number of Topliss-reactive ketones (excluding diaryl/α,β-unsaturated/α-hetero) is 1. The largest absolute Gasteiger partial charge is 0.484 e. The first kappa shape index (κ1) is 19.5. The third kappa shape index (κ3) is 4.70. The van der Waals surface area contributed by atoms with E-state index in [0.29, 0.717) is 49.6 Å². The van der Waals surface area contributed by atoms with Crippen molar-refractivity contribution < 1.29 is 19.1 Å². The van der Waals surface area contributed by atoms with Crippen molar-refractivity contribution in [2.45, 2.75) is 13.3 Å². The molecule has 8 nitrogen and oxygen atoms in total. The van der Waals surface area contributed by atoms with Gasteiger partial charge in [0.2, 0.25) is 0 Å². The summed E-state index contributed by atoms with van der Waals surface area (Å²) in [5.41, 5.74) is 0.931. The molecule has 2 heterocycles. The topological polar surface area (TPSA) is 92.7 Å². The predicted octanol–water partition coefficient (Wildman–Crippen LogP) is 1.43. The van der Waals surface area contributed by atoms with Crippen LogP contribution in [0.25, 0.3) is 0 Å². The monoisotopic (exact) mass is 382 g/mol. The van der Waals surface area contributed by atoms with Crippen LogP contribution in [0.15, 0.2) is 42.9 Å². The van der Waals surface area contributed by atoms with Gasteiger partial charge in [0, 0.05) is 50.6 Å². The fourth-order valence-electron chi connectivity index (χ4n) is 2.91. The number of benzene rings is 1. The minimum absolute atomic E-state index is 0.0662. The minimum atomic E-state index is -0.182. The second-order valence-electron chi connectivity index (χ2n) is 6.35. The van der Waals surface area contributed by atoms with E-state index < -0.39 is 0 Å². The van der Waals surface area contributed by atoms with Gasteiger partial charge in [0.05, 0.1) is 6.20 Å². The summed E-state index contributed by atoms with van der Waals surface area (Å²) in [4.78, 5) is 47.6. The van der Waals surface area contributed by atoms with Crippen molar-refractivity contribution in [1.82, 2.24) is 19.8 Å². The summed E-state index contributed by atoms with van der Waals surface area (Å²) in [5.74, 6) is 0.285. The fraction of sp³-hybridized carbons (Fsp3) is 0.350. The molecular formula is C20H22N4O4. The molecule has 8 heteroatoms. The maximum atomic E-state index is 12.4. The molecule has 0 spiro atoms. The number of aromatic nitrogens is 2. The molecule has 0 radical (unpaired) electrons. The summed E-state index contributed by atoms with van der Waals surface area (Å²) in [6.45, 7) is 3.49. The van der Waals surface area contributed by atoms with Gasteiger partial charge in [-0.25, -0.2) is 4.98 Å². The molecule has 1 aliphatic rings. The molecule has 0 N–H and O–H groups in total. The number of carbonyl (C=O) groups excluding carboxylic acids is 3. The number of rotatable bonds is 6. The molecule has 0 saturated carbocycles. The maximum Gasteiger partial charge on any atom is 0.274 e. The van der Waals surface area contributed by atoms with Crippen molar-refractivity contribution >= 4 is 17.6 Å². The zero-order chi connectivity index (χ0) is 19.9. The molecule has 3 rings (SSSR count). The predicted molar refractivity (Wildman–Crippen MR) is 101 cm³/mol. The van der Waals surface area contributed by atoms with Crippen LogP contribution in [0.1, 0.15) is 34.2 Å². The van der Waals surface area contributed by atoms with Gasteiger partial charge in [0.1, 0.15) is 11.4 Å². The molecule has 2 amide bonds. The van der Waals surface area contributed by atoms with Crippen LogP contribution in [0, 0.1) is 0 Å². The smallest absolute Gasteiger partial charge is 0.274 e. The lowest BCUT2D eigenvalue weighted by Crippen LogP contribution is -2.51. The van der Waals surface area contributed by atoms with Gasteiger partial charge in [-0.15, -0.1) is 0 Å². The average Bonchev–Trinajstić information content (AvgIpc) is 2.77. The van der Waals surface area contributed by atoms with Gasteiger partial charge in [-0.05, 0) is 24.3 Å². The van der Waals surface area contributed by atoms with Crippen LogP contribution in [0.3, 0.4) is 0 Å². The highest BCUT2D eigenvalue weighted by atomic mass is 16.5. The van der Waals surface area contributed by atoms with Crippen molar-refractivity contribution in [3.05, 3.63) is 54.1 Å². The Labute approximate surface area is 163 Å². The third-order valence-corrected chi connectivity index (χ3v) is 4.56. The highest BCUT2D eigenvalue weighted by Crippen LogP contribution is 2.14. The number of hydrogen-bond donors (Lipinski definition) is 0. The minimum Gasteiger partial charge on any atom is -0.484 e. The molecule has 2 aromatic rings. The van der Waals surface area contributed by atoms with E-state index in [9.17, 15) is 14.4 Å². The lowest BCUT2D eigenvalue weighted by Gasteiger charge is -2.34. The first-order valence-electron chi connectivity index (χ1n) is 9.17. The van der Waals surface area contributed by atoms with Gasteiger partial charge >= 0.3 is 0 Å². The molecule has 1 fully saturated rings. The molecule has 1 saturated heterocycles. The van der Waals surface area contributed by atoms with Crippen LogP contribution in [-0.4, -0.2) is 70.2 Å². The van der Waals surface area contributed by atoms with Crippen LogP contribution in [0.4, 0.5) is 0 Å². The van der Waals surface area contributed by atoms with Crippen LogP contribution >= 0.6 is 0 Å². The Kier molecular flexibility index (Phi) is 6.31. The van der Waals surface area contributed by atoms with E-state index in [1.54, 1.807) is 34.1 Å². The van der Waals surface area contributed by atoms with Gasteiger partial charge in [0.25, 0.3) is 11.8 Å². The zero-order valence-electron chi connectivity index (χ0n) is 15.7. The van der Waals surface area contributed by atoms with E-state index in [0.717, 1.165) is 0 Å². The first-order chi connectivity index (χ1) is 13.6. The summed E-state index contributed by atoms with van der Waals surface area (Å²) in [6, 6.07) is 6.77. The van der Waals surface area contributed by atoms with Gasteiger partial charge in [-0.1, -0.05) is 6.92 Å². The first-order valence-corrected chi connectivity index (χ1v) is 9.17. The summed E-state index contributed by atoms with van der Waals surface area (Å²) in [5, 5.41) is 0. The van der Waals surface area contributed by atoms with Crippen molar-refractivity contribution in [2.24, 2.45) is 0 Å². The summed E-state index contributed by atoms with van der Waals surface area (Å²) >= 11 is 0. The quantitative estimate of drug-likeness (QED) is 0.702. The Balaban J connectivity index is 1.46. The summed E-state index contributed by atoms with van der Waals surface area (Å²) in [7, 11) is 0. The number of piperazine rings is 1. The molecule has 1 aromatic carbocycles.